The van der Waals surface area contributed by atoms with Gasteiger partial charge in [-0.1, -0.05) is 18.2 Å². The first-order valence-electron chi connectivity index (χ1n) is 7.26. The van der Waals surface area contributed by atoms with E-state index >= 15 is 0 Å². The smallest absolute Gasteiger partial charge is 0.228 e. The van der Waals surface area contributed by atoms with Crippen molar-refractivity contribution in [1.82, 2.24) is 4.98 Å². The van der Waals surface area contributed by atoms with Gasteiger partial charge in [-0.15, -0.1) is 23.7 Å². The number of aromatic nitrogens is 1. The number of halogens is 2. The molecule has 0 saturated heterocycles. The fraction of sp³-hybridized carbons (Fsp3) is 0.375. The molecule has 0 aliphatic rings. The highest BCUT2D eigenvalue weighted by atomic mass is 35.5. The summed E-state index contributed by atoms with van der Waals surface area (Å²) in [7, 11) is 1.52. The number of benzene rings is 1. The van der Waals surface area contributed by atoms with E-state index < -0.39 is 0 Å². The zero-order valence-electron chi connectivity index (χ0n) is 13.5. The van der Waals surface area contributed by atoms with Crippen LogP contribution in [-0.4, -0.2) is 30.6 Å². The summed E-state index contributed by atoms with van der Waals surface area (Å²) >= 11 is 1.35. The predicted molar refractivity (Wildman–Crippen MR) is 96.4 cm³/mol. The molecule has 1 atom stereocenters. The van der Waals surface area contributed by atoms with Crippen LogP contribution in [0.25, 0.3) is 0 Å². The predicted octanol–water partition coefficient (Wildman–Crippen LogP) is 2.91. The lowest BCUT2D eigenvalue weighted by atomic mass is 10.1. The maximum atomic E-state index is 13.7. The number of nitrogens with zero attached hydrogens (tertiary/aromatic N) is 1. The van der Waals surface area contributed by atoms with E-state index in [4.69, 9.17) is 10.5 Å². The SMILES string of the molecule is COC(CN)CC(=O)Nc1nc(C)c(Cc2ccccc2F)s1.Cl. The Morgan fingerprint density at radius 3 is 2.79 bits per heavy atom. The van der Waals surface area contributed by atoms with Gasteiger partial charge in [-0.3, -0.25) is 4.79 Å². The molecule has 0 saturated carbocycles. The quantitative estimate of drug-likeness (QED) is 0.782. The number of carbonyl (C=O) groups excluding carboxylic acids is 1. The third kappa shape index (κ3) is 5.52. The molecular formula is C16H21ClFN3O2S. The lowest BCUT2D eigenvalue weighted by Gasteiger charge is -2.11. The first-order chi connectivity index (χ1) is 11.0. The van der Waals surface area contributed by atoms with Crippen molar-refractivity contribution in [2.45, 2.75) is 25.9 Å². The molecule has 0 aliphatic carbocycles. The number of rotatable bonds is 7. The van der Waals surface area contributed by atoms with Crippen molar-refractivity contribution in [2.24, 2.45) is 5.73 Å². The van der Waals surface area contributed by atoms with Crippen molar-refractivity contribution in [3.8, 4) is 0 Å². The van der Waals surface area contributed by atoms with Crippen LogP contribution in [-0.2, 0) is 16.0 Å². The summed E-state index contributed by atoms with van der Waals surface area (Å²) < 4.78 is 18.8. The average molecular weight is 374 g/mol. The molecule has 1 unspecified atom stereocenters. The molecule has 132 valence electrons. The van der Waals surface area contributed by atoms with Crippen LogP contribution in [0.5, 0.6) is 0 Å². The Kier molecular flexibility index (Phi) is 8.27. The van der Waals surface area contributed by atoms with E-state index in [-0.39, 0.29) is 43.2 Å². The van der Waals surface area contributed by atoms with Crippen LogP contribution in [0.3, 0.4) is 0 Å². The summed E-state index contributed by atoms with van der Waals surface area (Å²) in [5.41, 5.74) is 6.90. The van der Waals surface area contributed by atoms with Crippen LogP contribution in [0.2, 0.25) is 0 Å². The highest BCUT2D eigenvalue weighted by Gasteiger charge is 2.15. The minimum Gasteiger partial charge on any atom is -0.380 e. The third-order valence-corrected chi connectivity index (χ3v) is 4.53. The van der Waals surface area contributed by atoms with E-state index in [9.17, 15) is 9.18 Å². The fourth-order valence-electron chi connectivity index (χ4n) is 2.10. The number of methoxy groups -OCH3 is 1. The molecule has 0 fully saturated rings. The normalized spacial score (nSPS) is 11.7. The summed E-state index contributed by atoms with van der Waals surface area (Å²) in [5, 5.41) is 3.25. The third-order valence-electron chi connectivity index (χ3n) is 3.46. The van der Waals surface area contributed by atoms with Crippen LogP contribution in [0.1, 0.15) is 22.6 Å². The van der Waals surface area contributed by atoms with Crippen molar-refractivity contribution in [3.05, 3.63) is 46.2 Å². The minimum atomic E-state index is -0.311. The zero-order valence-corrected chi connectivity index (χ0v) is 15.2. The Morgan fingerprint density at radius 1 is 1.46 bits per heavy atom. The highest BCUT2D eigenvalue weighted by Crippen LogP contribution is 2.26. The van der Waals surface area contributed by atoms with Gasteiger partial charge in [-0.2, -0.15) is 0 Å². The molecule has 1 heterocycles. The average Bonchev–Trinajstić information content (AvgIpc) is 2.86. The Balaban J connectivity index is 0.00000288. The summed E-state index contributed by atoms with van der Waals surface area (Å²) in [4.78, 5) is 17.2. The lowest BCUT2D eigenvalue weighted by Crippen LogP contribution is -2.28. The molecule has 1 amide bonds. The van der Waals surface area contributed by atoms with Gasteiger partial charge in [0.15, 0.2) is 5.13 Å². The first kappa shape index (κ1) is 20.5. The topological polar surface area (TPSA) is 77.2 Å². The molecule has 0 radical (unpaired) electrons. The molecule has 2 rings (SSSR count). The van der Waals surface area contributed by atoms with E-state index in [1.165, 1.54) is 24.5 Å². The minimum absolute atomic E-state index is 0. The molecule has 1 aromatic carbocycles. The van der Waals surface area contributed by atoms with E-state index in [1.807, 2.05) is 6.92 Å². The van der Waals surface area contributed by atoms with Crippen molar-refractivity contribution >= 4 is 34.8 Å². The molecule has 5 nitrogen and oxygen atoms in total. The Morgan fingerprint density at radius 2 is 2.17 bits per heavy atom. The van der Waals surface area contributed by atoms with Crippen LogP contribution < -0.4 is 11.1 Å². The van der Waals surface area contributed by atoms with Gasteiger partial charge in [-0.25, -0.2) is 9.37 Å². The number of carbonyl (C=O) groups is 1. The Bertz CT molecular complexity index is 677. The second kappa shape index (κ2) is 9.68. The maximum Gasteiger partial charge on any atom is 0.228 e. The molecule has 1 aromatic heterocycles. The molecule has 0 spiro atoms. The van der Waals surface area contributed by atoms with Crippen LogP contribution in [0.4, 0.5) is 9.52 Å². The number of anilines is 1. The van der Waals surface area contributed by atoms with Gasteiger partial charge in [0.05, 0.1) is 18.2 Å². The molecule has 3 N–H and O–H groups in total. The summed E-state index contributed by atoms with van der Waals surface area (Å²) in [5.74, 6) is -0.440. The van der Waals surface area contributed by atoms with Gasteiger partial charge in [-0.05, 0) is 18.6 Å². The van der Waals surface area contributed by atoms with Gasteiger partial charge < -0.3 is 15.8 Å². The molecular weight excluding hydrogens is 353 g/mol. The second-order valence-corrected chi connectivity index (χ2v) is 6.23. The summed E-state index contributed by atoms with van der Waals surface area (Å²) in [6, 6.07) is 6.64. The number of thiazole rings is 1. The monoisotopic (exact) mass is 373 g/mol. The van der Waals surface area contributed by atoms with Gasteiger partial charge in [0, 0.05) is 25.0 Å². The van der Waals surface area contributed by atoms with Crippen LogP contribution >= 0.6 is 23.7 Å². The van der Waals surface area contributed by atoms with E-state index in [1.54, 1.807) is 18.2 Å². The molecule has 8 heteroatoms. The largest absolute Gasteiger partial charge is 0.380 e. The van der Waals surface area contributed by atoms with Crippen LogP contribution in [0, 0.1) is 12.7 Å². The van der Waals surface area contributed by atoms with Crippen molar-refractivity contribution < 1.29 is 13.9 Å². The number of hydrogen-bond donors (Lipinski definition) is 2. The highest BCUT2D eigenvalue weighted by molar-refractivity contribution is 7.15. The van der Waals surface area contributed by atoms with Gasteiger partial charge in [0.25, 0.3) is 0 Å². The van der Waals surface area contributed by atoms with E-state index in [0.717, 1.165) is 10.6 Å². The number of nitrogens with one attached hydrogen (secondary N) is 1. The summed E-state index contributed by atoms with van der Waals surface area (Å²) in [6.45, 7) is 2.12. The standard InChI is InChI=1S/C16H20FN3O2S.ClH/c1-10-14(7-11-5-3-4-6-13(11)17)23-16(19-10)20-15(21)8-12(9-18)22-2;/h3-6,12H,7-9,18H2,1-2H3,(H,19,20,21);1H. The first-order valence-corrected chi connectivity index (χ1v) is 8.07. The number of aryl methyl sites for hydroxylation is 1. The Hall–Kier alpha value is -1.54. The molecule has 24 heavy (non-hydrogen) atoms. The Labute approximate surface area is 150 Å². The van der Waals surface area contributed by atoms with E-state index in [0.29, 0.717) is 17.1 Å². The maximum absolute atomic E-state index is 13.7. The van der Waals surface area contributed by atoms with E-state index in [2.05, 4.69) is 10.3 Å². The van der Waals surface area contributed by atoms with Crippen molar-refractivity contribution in [3.63, 3.8) is 0 Å². The number of amides is 1. The summed E-state index contributed by atoms with van der Waals surface area (Å²) in [6.07, 6.45) is 0.318. The van der Waals surface area contributed by atoms with Crippen molar-refractivity contribution in [1.29, 1.82) is 0 Å². The number of nitrogens with two attached hydrogens (primary N) is 1. The second-order valence-electron chi connectivity index (χ2n) is 5.14. The zero-order chi connectivity index (χ0) is 16.8. The van der Waals surface area contributed by atoms with Gasteiger partial charge in [0.2, 0.25) is 5.91 Å². The van der Waals surface area contributed by atoms with Crippen molar-refractivity contribution in [2.75, 3.05) is 19.0 Å². The molecule has 2 aromatic rings. The molecule has 0 aliphatic heterocycles. The van der Waals surface area contributed by atoms with Gasteiger partial charge in [0.1, 0.15) is 5.82 Å². The molecule has 0 bridgehead atoms. The fourth-order valence-corrected chi connectivity index (χ4v) is 3.10. The number of hydrogen-bond acceptors (Lipinski definition) is 5. The van der Waals surface area contributed by atoms with Gasteiger partial charge >= 0.3 is 0 Å². The lowest BCUT2D eigenvalue weighted by molar-refractivity contribution is -0.118. The number of ether oxygens (including phenoxy) is 1. The van der Waals surface area contributed by atoms with Crippen LogP contribution in [0.15, 0.2) is 24.3 Å².